The van der Waals surface area contributed by atoms with Crippen molar-refractivity contribution in [1.29, 1.82) is 0 Å². The van der Waals surface area contributed by atoms with Crippen LogP contribution < -0.4 is 10.8 Å². The van der Waals surface area contributed by atoms with Crippen LogP contribution in [0, 0.1) is 0 Å². The molecule has 4 nitrogen and oxygen atoms in total. The lowest BCUT2D eigenvalue weighted by atomic mass is 10.1. The minimum absolute atomic E-state index is 0.277. The molecule has 74 valence electrons. The fourth-order valence-corrected chi connectivity index (χ4v) is 2.03. The highest BCUT2D eigenvalue weighted by atomic mass is 32.1. The van der Waals surface area contributed by atoms with Crippen LogP contribution in [-0.4, -0.2) is 6.61 Å². The van der Waals surface area contributed by atoms with E-state index in [-0.39, 0.29) is 4.94 Å². The Hall–Kier alpha value is -1.17. The summed E-state index contributed by atoms with van der Waals surface area (Å²) < 4.78 is 5.93. The molecule has 1 aromatic heterocycles. The molecule has 0 aliphatic carbocycles. The second-order valence-electron chi connectivity index (χ2n) is 2.82. The smallest absolute Gasteiger partial charge is 0.396 e. The minimum Gasteiger partial charge on any atom is -0.414 e. The molecule has 2 rings (SSSR count). The highest BCUT2D eigenvalue weighted by Crippen LogP contribution is 2.21. The van der Waals surface area contributed by atoms with Gasteiger partial charge >= 0.3 is 4.94 Å². The topological polar surface area (TPSA) is 65.5 Å². The van der Waals surface area contributed by atoms with Crippen LogP contribution in [0.4, 0.5) is 0 Å². The van der Waals surface area contributed by atoms with Gasteiger partial charge in [0.15, 0.2) is 5.58 Å². The molecule has 0 spiro atoms. The molecule has 0 atom stereocenters. The third kappa shape index (κ3) is 1.70. The molecule has 0 aliphatic heterocycles. The first-order valence-corrected chi connectivity index (χ1v) is 4.96. The summed E-state index contributed by atoms with van der Waals surface area (Å²) >= 11 is 1.11. The average Bonchev–Trinajstić information content (AvgIpc) is 2.55. The summed E-state index contributed by atoms with van der Waals surface area (Å²) in [6.45, 7) is 0.415. The lowest BCUT2D eigenvalue weighted by Gasteiger charge is -1.99. The summed E-state index contributed by atoms with van der Waals surface area (Å²) in [7, 11) is 0. The second kappa shape index (κ2) is 3.91. The van der Waals surface area contributed by atoms with Crippen molar-refractivity contribution in [1.82, 2.24) is 0 Å². The van der Waals surface area contributed by atoms with Gasteiger partial charge in [-0.05, 0) is 11.6 Å². The van der Waals surface area contributed by atoms with E-state index < -0.39 is 0 Å². The molecule has 0 saturated heterocycles. The van der Waals surface area contributed by atoms with Gasteiger partial charge in [-0.15, -0.1) is 0 Å². The average molecular weight is 211 g/mol. The SMILES string of the molecule is NOCCc1cccc2sc(=O)oc12. The molecular formula is C9H9NO3S. The maximum Gasteiger partial charge on any atom is 0.396 e. The number of nitrogens with two attached hydrogens (primary N) is 1. The van der Waals surface area contributed by atoms with Crippen molar-refractivity contribution in [2.45, 2.75) is 6.42 Å². The van der Waals surface area contributed by atoms with Crippen LogP contribution in [0.2, 0.25) is 0 Å². The zero-order chi connectivity index (χ0) is 9.97. The minimum atomic E-state index is -0.277. The van der Waals surface area contributed by atoms with Gasteiger partial charge in [-0.2, -0.15) is 0 Å². The third-order valence-electron chi connectivity index (χ3n) is 1.93. The normalized spacial score (nSPS) is 10.9. The summed E-state index contributed by atoms with van der Waals surface area (Å²) in [4.78, 5) is 15.2. The molecule has 1 heterocycles. The van der Waals surface area contributed by atoms with Gasteiger partial charge in [-0.25, -0.2) is 10.7 Å². The molecule has 0 saturated carbocycles. The molecule has 0 bridgehead atoms. The number of benzene rings is 1. The number of fused-ring (bicyclic) bond motifs is 1. The molecule has 0 radical (unpaired) electrons. The largest absolute Gasteiger partial charge is 0.414 e. The van der Waals surface area contributed by atoms with Gasteiger partial charge in [0.05, 0.1) is 11.3 Å². The van der Waals surface area contributed by atoms with Crippen LogP contribution >= 0.6 is 11.3 Å². The lowest BCUT2D eigenvalue weighted by molar-refractivity contribution is 0.141. The zero-order valence-electron chi connectivity index (χ0n) is 7.36. The van der Waals surface area contributed by atoms with Gasteiger partial charge in [0.2, 0.25) is 0 Å². The third-order valence-corrected chi connectivity index (χ3v) is 2.72. The second-order valence-corrected chi connectivity index (χ2v) is 3.80. The van der Waals surface area contributed by atoms with Gasteiger partial charge in [0.25, 0.3) is 0 Å². The fourth-order valence-electron chi connectivity index (χ4n) is 1.32. The molecule has 0 amide bonds. The predicted octanol–water partition coefficient (Wildman–Crippen LogP) is 1.29. The van der Waals surface area contributed by atoms with E-state index >= 15 is 0 Å². The van der Waals surface area contributed by atoms with Gasteiger partial charge in [0.1, 0.15) is 0 Å². The Balaban J connectivity index is 2.47. The van der Waals surface area contributed by atoms with Crippen molar-refractivity contribution in [3.05, 3.63) is 33.5 Å². The molecule has 0 aliphatic rings. The molecule has 5 heteroatoms. The van der Waals surface area contributed by atoms with Crippen LogP contribution in [0.25, 0.3) is 10.3 Å². The van der Waals surface area contributed by atoms with E-state index in [0.717, 1.165) is 21.6 Å². The maximum atomic E-state index is 11.0. The van der Waals surface area contributed by atoms with E-state index in [1.165, 1.54) is 0 Å². The molecule has 0 unspecified atom stereocenters. The summed E-state index contributed by atoms with van der Waals surface area (Å²) in [5.41, 5.74) is 1.60. The Bertz CT molecular complexity index is 488. The highest BCUT2D eigenvalue weighted by Gasteiger charge is 2.06. The Morgan fingerprint density at radius 2 is 2.36 bits per heavy atom. The quantitative estimate of drug-likeness (QED) is 0.777. The molecule has 2 N–H and O–H groups in total. The van der Waals surface area contributed by atoms with Gasteiger partial charge in [-0.3, -0.25) is 0 Å². The van der Waals surface area contributed by atoms with Crippen LogP contribution in [0.1, 0.15) is 5.56 Å². The van der Waals surface area contributed by atoms with Crippen LogP contribution in [0.3, 0.4) is 0 Å². The van der Waals surface area contributed by atoms with E-state index in [0.29, 0.717) is 18.6 Å². The van der Waals surface area contributed by atoms with Crippen molar-refractivity contribution in [3.63, 3.8) is 0 Å². The maximum absolute atomic E-state index is 11.0. The highest BCUT2D eigenvalue weighted by molar-refractivity contribution is 7.16. The molecule has 1 aromatic carbocycles. The molecular weight excluding hydrogens is 202 g/mol. The summed E-state index contributed by atoms with van der Waals surface area (Å²) in [5, 5.41) is 0. The molecule has 14 heavy (non-hydrogen) atoms. The van der Waals surface area contributed by atoms with Crippen LogP contribution in [0.15, 0.2) is 27.4 Å². The Morgan fingerprint density at radius 1 is 1.50 bits per heavy atom. The number of para-hydroxylation sites is 1. The summed E-state index contributed by atoms with van der Waals surface area (Å²) in [6.07, 6.45) is 0.646. The first kappa shape index (κ1) is 9.39. The van der Waals surface area contributed by atoms with E-state index in [1.54, 1.807) is 0 Å². The van der Waals surface area contributed by atoms with Crippen molar-refractivity contribution < 1.29 is 9.25 Å². The summed E-state index contributed by atoms with van der Waals surface area (Å²) in [5.74, 6) is 4.94. The monoisotopic (exact) mass is 211 g/mol. The van der Waals surface area contributed by atoms with Crippen molar-refractivity contribution in [2.75, 3.05) is 6.61 Å². The van der Waals surface area contributed by atoms with Crippen LogP contribution in [-0.2, 0) is 11.3 Å². The van der Waals surface area contributed by atoms with E-state index in [2.05, 4.69) is 4.84 Å². The van der Waals surface area contributed by atoms with Crippen molar-refractivity contribution >= 4 is 21.6 Å². The van der Waals surface area contributed by atoms with Crippen LogP contribution in [0.5, 0.6) is 0 Å². The Labute approximate surface area is 83.9 Å². The number of rotatable bonds is 3. The molecule has 2 aromatic rings. The fraction of sp³-hybridized carbons (Fsp3) is 0.222. The Kier molecular flexibility index (Phi) is 2.62. The van der Waals surface area contributed by atoms with Crippen molar-refractivity contribution in [2.24, 2.45) is 5.90 Å². The van der Waals surface area contributed by atoms with Gasteiger partial charge in [0, 0.05) is 6.42 Å². The first-order valence-electron chi connectivity index (χ1n) is 4.14. The number of hydrogen-bond donors (Lipinski definition) is 1. The van der Waals surface area contributed by atoms with Crippen molar-refractivity contribution in [3.8, 4) is 0 Å². The van der Waals surface area contributed by atoms with E-state index in [4.69, 9.17) is 10.3 Å². The zero-order valence-corrected chi connectivity index (χ0v) is 8.17. The lowest BCUT2D eigenvalue weighted by Crippen LogP contribution is -2.03. The summed E-state index contributed by atoms with van der Waals surface area (Å²) in [6, 6.07) is 5.65. The standard InChI is InChI=1S/C9H9NO3S/c10-12-5-4-6-2-1-3-7-8(6)13-9(11)14-7/h1-3H,4-5,10H2. The van der Waals surface area contributed by atoms with E-state index in [9.17, 15) is 4.79 Å². The number of hydrogen-bond acceptors (Lipinski definition) is 5. The van der Waals surface area contributed by atoms with Gasteiger partial charge in [-0.1, -0.05) is 23.5 Å². The first-order chi connectivity index (χ1) is 6.81. The van der Waals surface area contributed by atoms with Gasteiger partial charge < -0.3 is 9.25 Å². The molecule has 0 fully saturated rings. The predicted molar refractivity (Wildman–Crippen MR) is 54.2 cm³/mol. The van der Waals surface area contributed by atoms with E-state index in [1.807, 2.05) is 18.2 Å². The Morgan fingerprint density at radius 3 is 3.14 bits per heavy atom.